The van der Waals surface area contributed by atoms with E-state index < -0.39 is 12.0 Å². The van der Waals surface area contributed by atoms with Gasteiger partial charge in [0.15, 0.2) is 11.8 Å². The predicted octanol–water partition coefficient (Wildman–Crippen LogP) is 11.5. The number of nitrogens with zero attached hydrogens (tertiary/aromatic N) is 1. The van der Waals surface area contributed by atoms with Crippen molar-refractivity contribution >= 4 is 17.7 Å². The largest absolute Gasteiger partial charge is 0.479 e. The molecule has 1 amide bonds. The minimum absolute atomic E-state index is 0.222. The maximum Gasteiger partial charge on any atom is 0.334 e. The quantitative estimate of drug-likeness (QED) is 0.0451. The average Bonchev–Trinajstić information content (AvgIpc) is 3.00. The van der Waals surface area contributed by atoms with E-state index in [9.17, 15) is 19.5 Å². The highest BCUT2D eigenvalue weighted by Gasteiger charge is 2.32. The molecule has 0 heterocycles. The Morgan fingerprint density at radius 2 is 0.818 bits per heavy atom. The fraction of sp³-hybridized carbons (Fsp3) is 0.821. The summed E-state index contributed by atoms with van der Waals surface area (Å²) in [4.78, 5) is 38.3. The number of ketones is 1. The van der Waals surface area contributed by atoms with Gasteiger partial charge in [-0.25, -0.2) is 4.79 Å². The van der Waals surface area contributed by atoms with Gasteiger partial charge in [-0.05, 0) is 64.2 Å². The summed E-state index contributed by atoms with van der Waals surface area (Å²) in [5.41, 5.74) is 0. The standard InChI is InChI=1S/C39H71NO4/c1-4-6-8-10-12-14-16-18-20-22-24-26-28-30-32-34-36(41)38(39(43)44)40(3)37(42)35-33-31-29-27-25-23-21-19-17-15-13-11-9-7-5-2/h18-21,38H,4-17,22-35H2,1-3H3,(H,43,44)/b20-18-,21-19-. The Balaban J connectivity index is 3.88. The number of allylic oxidation sites excluding steroid dienone is 4. The molecule has 0 aliphatic heterocycles. The van der Waals surface area contributed by atoms with Crippen molar-refractivity contribution in [2.24, 2.45) is 0 Å². The zero-order valence-corrected chi connectivity index (χ0v) is 29.3. The summed E-state index contributed by atoms with van der Waals surface area (Å²) in [7, 11) is 1.47. The SMILES string of the molecule is CCCCCCCC/C=C\CCCCCCCC(=O)C(C(=O)O)N(C)C(=O)CCCCCCC/C=C\CCCCCCCC. The van der Waals surface area contributed by atoms with Crippen LogP contribution in [0.1, 0.15) is 194 Å². The van der Waals surface area contributed by atoms with E-state index in [1.165, 1.54) is 103 Å². The second-order valence-electron chi connectivity index (χ2n) is 12.9. The number of hydrogen-bond acceptors (Lipinski definition) is 3. The van der Waals surface area contributed by atoms with Crippen molar-refractivity contribution in [3.05, 3.63) is 24.3 Å². The highest BCUT2D eigenvalue weighted by atomic mass is 16.4. The van der Waals surface area contributed by atoms with Crippen LogP contribution in [0.25, 0.3) is 0 Å². The third kappa shape index (κ3) is 26.5. The summed E-state index contributed by atoms with van der Waals surface area (Å²) >= 11 is 0. The first-order chi connectivity index (χ1) is 21.5. The third-order valence-corrected chi connectivity index (χ3v) is 8.66. The molecular weight excluding hydrogens is 546 g/mol. The van der Waals surface area contributed by atoms with Crippen molar-refractivity contribution in [2.45, 2.75) is 200 Å². The van der Waals surface area contributed by atoms with Crippen molar-refractivity contribution in [1.29, 1.82) is 0 Å². The van der Waals surface area contributed by atoms with Crippen LogP contribution in [0.4, 0.5) is 0 Å². The maximum atomic E-state index is 12.7. The first-order valence-electron chi connectivity index (χ1n) is 18.8. The third-order valence-electron chi connectivity index (χ3n) is 8.66. The van der Waals surface area contributed by atoms with E-state index in [4.69, 9.17) is 0 Å². The van der Waals surface area contributed by atoms with Gasteiger partial charge >= 0.3 is 5.97 Å². The van der Waals surface area contributed by atoms with Gasteiger partial charge in [-0.2, -0.15) is 0 Å². The molecule has 44 heavy (non-hydrogen) atoms. The Kier molecular flexibility index (Phi) is 31.1. The van der Waals surface area contributed by atoms with Crippen molar-refractivity contribution in [3.8, 4) is 0 Å². The van der Waals surface area contributed by atoms with E-state index in [-0.39, 0.29) is 18.1 Å². The van der Waals surface area contributed by atoms with Crippen molar-refractivity contribution in [2.75, 3.05) is 7.05 Å². The number of hydrogen-bond donors (Lipinski definition) is 1. The molecular formula is C39H71NO4. The summed E-state index contributed by atoms with van der Waals surface area (Å²) in [5, 5.41) is 9.67. The molecule has 0 spiro atoms. The second-order valence-corrected chi connectivity index (χ2v) is 12.9. The van der Waals surface area contributed by atoms with Crippen molar-refractivity contribution in [3.63, 3.8) is 0 Å². The predicted molar refractivity (Wildman–Crippen MR) is 188 cm³/mol. The first-order valence-corrected chi connectivity index (χ1v) is 18.8. The number of carboxylic acids is 1. The minimum Gasteiger partial charge on any atom is -0.479 e. The van der Waals surface area contributed by atoms with Crippen LogP contribution >= 0.6 is 0 Å². The molecule has 0 aromatic rings. The van der Waals surface area contributed by atoms with E-state index in [0.29, 0.717) is 12.8 Å². The molecule has 0 bridgehead atoms. The van der Waals surface area contributed by atoms with Crippen LogP contribution in [0, 0.1) is 0 Å². The molecule has 0 radical (unpaired) electrons. The number of unbranched alkanes of at least 4 members (excludes halogenated alkanes) is 22. The number of carbonyl (C=O) groups is 3. The van der Waals surface area contributed by atoms with Crippen LogP contribution in [0.5, 0.6) is 0 Å². The smallest absolute Gasteiger partial charge is 0.334 e. The summed E-state index contributed by atoms with van der Waals surface area (Å²) in [6.07, 6.45) is 40.5. The molecule has 1 atom stereocenters. The Labute approximate surface area is 272 Å². The monoisotopic (exact) mass is 618 g/mol. The number of aliphatic carboxylic acids is 1. The van der Waals surface area contributed by atoms with Gasteiger partial charge in [0.05, 0.1) is 0 Å². The van der Waals surface area contributed by atoms with Crippen LogP contribution in [-0.2, 0) is 14.4 Å². The molecule has 0 saturated heterocycles. The molecule has 5 heteroatoms. The van der Waals surface area contributed by atoms with Crippen molar-refractivity contribution < 1.29 is 19.5 Å². The van der Waals surface area contributed by atoms with Gasteiger partial charge in [0.1, 0.15) is 0 Å². The Bertz CT molecular complexity index is 744. The summed E-state index contributed by atoms with van der Waals surface area (Å²) < 4.78 is 0. The van der Waals surface area contributed by atoms with Gasteiger partial charge in [0.2, 0.25) is 5.91 Å². The average molecular weight is 618 g/mol. The van der Waals surface area contributed by atoms with Crippen LogP contribution in [0.2, 0.25) is 0 Å². The molecule has 1 N–H and O–H groups in total. The van der Waals surface area contributed by atoms with E-state index in [1.807, 2.05) is 0 Å². The zero-order chi connectivity index (χ0) is 32.5. The molecule has 0 aromatic heterocycles. The summed E-state index contributed by atoms with van der Waals surface area (Å²) in [6.45, 7) is 4.50. The minimum atomic E-state index is -1.36. The topological polar surface area (TPSA) is 74.7 Å². The Hall–Kier alpha value is -1.91. The van der Waals surface area contributed by atoms with E-state index in [0.717, 1.165) is 69.1 Å². The molecule has 0 saturated carbocycles. The molecule has 0 aromatic carbocycles. The van der Waals surface area contributed by atoms with Gasteiger partial charge in [0.25, 0.3) is 0 Å². The highest BCUT2D eigenvalue weighted by Crippen LogP contribution is 2.14. The number of Topliss-reactive ketones (excluding diaryl/α,β-unsaturated/α-hetero) is 1. The molecule has 0 rings (SSSR count). The lowest BCUT2D eigenvalue weighted by Crippen LogP contribution is -2.47. The Morgan fingerprint density at radius 3 is 1.18 bits per heavy atom. The first kappa shape index (κ1) is 42.1. The van der Waals surface area contributed by atoms with Gasteiger partial charge in [-0.15, -0.1) is 0 Å². The second kappa shape index (κ2) is 32.5. The van der Waals surface area contributed by atoms with E-state index in [1.54, 1.807) is 0 Å². The van der Waals surface area contributed by atoms with Crippen LogP contribution in [-0.4, -0.2) is 40.8 Å². The fourth-order valence-electron chi connectivity index (χ4n) is 5.69. The molecule has 0 fully saturated rings. The summed E-state index contributed by atoms with van der Waals surface area (Å²) in [5.74, 6) is -1.81. The number of carbonyl (C=O) groups excluding carboxylic acids is 2. The lowest BCUT2D eigenvalue weighted by atomic mass is 10.0. The fourth-order valence-corrected chi connectivity index (χ4v) is 5.69. The van der Waals surface area contributed by atoms with Crippen molar-refractivity contribution in [1.82, 2.24) is 4.90 Å². The normalized spacial score (nSPS) is 12.3. The Morgan fingerprint density at radius 1 is 0.500 bits per heavy atom. The highest BCUT2D eigenvalue weighted by molar-refractivity contribution is 6.04. The molecule has 5 nitrogen and oxygen atoms in total. The molecule has 256 valence electrons. The molecule has 0 aliphatic rings. The lowest BCUT2D eigenvalue weighted by Gasteiger charge is -2.24. The lowest BCUT2D eigenvalue weighted by molar-refractivity contribution is -0.153. The maximum absolute atomic E-state index is 12.7. The summed E-state index contributed by atoms with van der Waals surface area (Å²) in [6, 6.07) is -1.36. The number of likely N-dealkylation sites (N-methyl/N-ethyl adjacent to an activating group) is 1. The van der Waals surface area contributed by atoms with Gasteiger partial charge in [0, 0.05) is 19.9 Å². The van der Waals surface area contributed by atoms with Gasteiger partial charge < -0.3 is 10.0 Å². The number of rotatable bonds is 33. The van der Waals surface area contributed by atoms with Crippen LogP contribution in [0.3, 0.4) is 0 Å². The van der Waals surface area contributed by atoms with E-state index >= 15 is 0 Å². The van der Waals surface area contributed by atoms with Crippen LogP contribution in [0.15, 0.2) is 24.3 Å². The van der Waals surface area contributed by atoms with E-state index in [2.05, 4.69) is 38.2 Å². The number of carboxylic acid groups (broad SMARTS) is 1. The number of amides is 1. The molecule has 0 aliphatic carbocycles. The zero-order valence-electron chi connectivity index (χ0n) is 29.3. The molecule has 1 unspecified atom stereocenters. The van der Waals surface area contributed by atoms with Crippen LogP contribution < -0.4 is 0 Å². The van der Waals surface area contributed by atoms with Gasteiger partial charge in [-0.1, -0.05) is 141 Å². The van der Waals surface area contributed by atoms with Gasteiger partial charge in [-0.3, -0.25) is 9.59 Å².